The fourth-order valence-electron chi connectivity index (χ4n) is 1.62. The largest absolute Gasteiger partial charge is 0.495 e. The van der Waals surface area contributed by atoms with Gasteiger partial charge in [-0.15, -0.1) is 0 Å². The maximum absolute atomic E-state index is 12.5. The van der Waals surface area contributed by atoms with Crippen LogP contribution in [0.2, 0.25) is 5.02 Å². The fourth-order valence-corrected chi connectivity index (χ4v) is 3.29. The maximum atomic E-state index is 12.5. The lowest BCUT2D eigenvalue weighted by atomic mass is 10.3. The molecule has 1 rings (SSSR count). The molecule has 0 aliphatic rings. The molecule has 0 radical (unpaired) electrons. The molecule has 0 spiro atoms. The van der Waals surface area contributed by atoms with Crippen LogP contribution >= 0.6 is 11.6 Å². The highest BCUT2D eigenvalue weighted by Gasteiger charge is 2.29. The molecule has 1 aromatic rings. The molecule has 0 aliphatic heterocycles. The van der Waals surface area contributed by atoms with Crippen molar-refractivity contribution in [1.82, 2.24) is 4.31 Å². The second kappa shape index (κ2) is 7.60. The monoisotopic (exact) mass is 337 g/mol. The van der Waals surface area contributed by atoms with E-state index < -0.39 is 22.5 Å². The summed E-state index contributed by atoms with van der Waals surface area (Å²) in [4.78, 5) is 10.7. The zero-order valence-electron chi connectivity index (χ0n) is 11.6. The van der Waals surface area contributed by atoms with Crippen molar-refractivity contribution in [3.05, 3.63) is 23.2 Å². The smallest absolute Gasteiger partial charge is 0.318 e. The number of carboxylic acids is 1. The first kappa shape index (κ1) is 17.7. The summed E-state index contributed by atoms with van der Waals surface area (Å²) in [6, 6.07) is 4.02. The number of carboxylic acid groups (broad SMARTS) is 1. The van der Waals surface area contributed by atoms with Gasteiger partial charge in [-0.05, 0) is 12.1 Å². The van der Waals surface area contributed by atoms with Gasteiger partial charge < -0.3 is 14.6 Å². The lowest BCUT2D eigenvalue weighted by Crippen LogP contribution is -2.38. The number of benzene rings is 1. The number of nitrogens with zero attached hydrogens (tertiary/aromatic N) is 1. The molecular formula is C12H16ClNO6S. The number of halogens is 1. The van der Waals surface area contributed by atoms with E-state index in [-0.39, 0.29) is 23.8 Å². The molecule has 0 amide bonds. The molecule has 21 heavy (non-hydrogen) atoms. The van der Waals surface area contributed by atoms with Crippen LogP contribution in [0, 0.1) is 0 Å². The number of hydrogen-bond acceptors (Lipinski definition) is 5. The second-order valence-corrected chi connectivity index (χ2v) is 6.36. The zero-order chi connectivity index (χ0) is 16.0. The Morgan fingerprint density at radius 3 is 2.57 bits per heavy atom. The third-order valence-corrected chi connectivity index (χ3v) is 4.72. The Hall–Kier alpha value is -1.35. The van der Waals surface area contributed by atoms with Crippen LogP contribution in [-0.2, 0) is 19.6 Å². The fraction of sp³-hybridized carbons (Fsp3) is 0.417. The van der Waals surface area contributed by atoms with Crippen LogP contribution in [0.25, 0.3) is 0 Å². The normalized spacial score (nSPS) is 11.6. The molecule has 118 valence electrons. The summed E-state index contributed by atoms with van der Waals surface area (Å²) in [5.41, 5.74) is 0. The van der Waals surface area contributed by atoms with Crippen molar-refractivity contribution in [1.29, 1.82) is 0 Å². The molecule has 0 fully saturated rings. The topological polar surface area (TPSA) is 93.1 Å². The van der Waals surface area contributed by atoms with Crippen molar-refractivity contribution in [3.63, 3.8) is 0 Å². The maximum Gasteiger partial charge on any atom is 0.318 e. The van der Waals surface area contributed by atoms with Gasteiger partial charge in [0.05, 0.1) is 13.7 Å². The lowest BCUT2D eigenvalue weighted by Gasteiger charge is -2.21. The highest BCUT2D eigenvalue weighted by molar-refractivity contribution is 7.89. The third kappa shape index (κ3) is 4.57. The van der Waals surface area contributed by atoms with Crippen molar-refractivity contribution < 1.29 is 27.8 Å². The van der Waals surface area contributed by atoms with Gasteiger partial charge in [0.1, 0.15) is 17.2 Å². The number of ether oxygens (including phenoxy) is 2. The van der Waals surface area contributed by atoms with Gasteiger partial charge in [-0.1, -0.05) is 11.6 Å². The summed E-state index contributed by atoms with van der Waals surface area (Å²) >= 11 is 5.79. The average Bonchev–Trinajstić information content (AvgIpc) is 2.42. The molecule has 1 N–H and O–H groups in total. The SMILES string of the molecule is COCCN(CC(=O)O)S(=O)(=O)c1ccc(Cl)cc1OC. The van der Waals surface area contributed by atoms with Crippen LogP contribution in [0.5, 0.6) is 5.75 Å². The van der Waals surface area contributed by atoms with Crippen LogP contribution in [-0.4, -0.2) is 57.7 Å². The highest BCUT2D eigenvalue weighted by atomic mass is 35.5. The molecule has 0 heterocycles. The van der Waals surface area contributed by atoms with Gasteiger partial charge in [-0.25, -0.2) is 8.42 Å². The van der Waals surface area contributed by atoms with E-state index >= 15 is 0 Å². The highest BCUT2D eigenvalue weighted by Crippen LogP contribution is 2.29. The molecule has 0 aromatic heterocycles. The van der Waals surface area contributed by atoms with Gasteiger partial charge in [-0.3, -0.25) is 4.79 Å². The van der Waals surface area contributed by atoms with E-state index in [2.05, 4.69) is 0 Å². The minimum Gasteiger partial charge on any atom is -0.495 e. The Labute approximate surface area is 128 Å². The van der Waals surface area contributed by atoms with Crippen molar-refractivity contribution in [3.8, 4) is 5.75 Å². The molecule has 0 saturated carbocycles. The first-order chi connectivity index (χ1) is 9.82. The lowest BCUT2D eigenvalue weighted by molar-refractivity contribution is -0.137. The van der Waals surface area contributed by atoms with Crippen molar-refractivity contribution in [2.24, 2.45) is 0 Å². The summed E-state index contributed by atoms with van der Waals surface area (Å²) < 4.78 is 35.7. The minimum absolute atomic E-state index is 0.0512. The van der Waals surface area contributed by atoms with Crippen molar-refractivity contribution in [2.75, 3.05) is 33.9 Å². The van der Waals surface area contributed by atoms with Gasteiger partial charge in [0.15, 0.2) is 0 Å². The summed E-state index contributed by atoms with van der Waals surface area (Å²) in [5.74, 6) is -1.21. The first-order valence-electron chi connectivity index (χ1n) is 5.87. The van der Waals surface area contributed by atoms with Crippen molar-refractivity contribution in [2.45, 2.75) is 4.90 Å². The number of hydrogen-bond donors (Lipinski definition) is 1. The van der Waals surface area contributed by atoms with Crippen LogP contribution in [0.1, 0.15) is 0 Å². The van der Waals surface area contributed by atoms with E-state index in [1.807, 2.05) is 0 Å². The van der Waals surface area contributed by atoms with Crippen LogP contribution in [0.3, 0.4) is 0 Å². The van der Waals surface area contributed by atoms with Gasteiger partial charge in [0.2, 0.25) is 10.0 Å². The average molecular weight is 338 g/mol. The Morgan fingerprint density at radius 2 is 2.05 bits per heavy atom. The van der Waals surface area contributed by atoms with E-state index in [4.69, 9.17) is 26.2 Å². The van der Waals surface area contributed by atoms with E-state index in [9.17, 15) is 13.2 Å². The molecule has 0 aliphatic carbocycles. The Kier molecular flexibility index (Phi) is 6.41. The molecule has 1 aromatic carbocycles. The van der Waals surface area contributed by atoms with Gasteiger partial charge in [0.25, 0.3) is 0 Å². The molecule has 9 heteroatoms. The molecule has 0 saturated heterocycles. The Bertz CT molecular complexity index is 604. The van der Waals surface area contributed by atoms with Gasteiger partial charge in [-0.2, -0.15) is 4.31 Å². The van der Waals surface area contributed by atoms with Crippen molar-refractivity contribution >= 4 is 27.6 Å². The predicted molar refractivity (Wildman–Crippen MR) is 76.3 cm³/mol. The standard InChI is InChI=1S/C12H16ClNO6S/c1-19-6-5-14(8-12(15)16)21(17,18)11-4-3-9(13)7-10(11)20-2/h3-4,7H,5-6,8H2,1-2H3,(H,15,16). The van der Waals surface area contributed by atoms with E-state index in [1.165, 1.54) is 32.4 Å². The predicted octanol–water partition coefficient (Wildman–Crippen LogP) is 1.07. The Morgan fingerprint density at radius 1 is 1.38 bits per heavy atom. The molecular weight excluding hydrogens is 322 g/mol. The number of aliphatic carboxylic acids is 1. The van der Waals surface area contributed by atoms with Gasteiger partial charge >= 0.3 is 5.97 Å². The quantitative estimate of drug-likeness (QED) is 0.762. The first-order valence-corrected chi connectivity index (χ1v) is 7.69. The summed E-state index contributed by atoms with van der Waals surface area (Å²) in [7, 11) is -1.33. The number of sulfonamides is 1. The summed E-state index contributed by atoms with van der Waals surface area (Å²) in [5, 5.41) is 9.18. The van der Waals surface area contributed by atoms with E-state index in [1.54, 1.807) is 0 Å². The molecule has 7 nitrogen and oxygen atoms in total. The van der Waals surface area contributed by atoms with Crippen LogP contribution in [0.15, 0.2) is 23.1 Å². The third-order valence-electron chi connectivity index (χ3n) is 2.60. The van der Waals surface area contributed by atoms with E-state index in [0.717, 1.165) is 4.31 Å². The summed E-state index contributed by atoms with van der Waals surface area (Å²) in [6.45, 7) is -0.684. The number of methoxy groups -OCH3 is 2. The van der Waals surface area contributed by atoms with Gasteiger partial charge in [0, 0.05) is 24.7 Å². The summed E-state index contributed by atoms with van der Waals surface area (Å²) in [6.07, 6.45) is 0. The Balaban J connectivity index is 3.24. The molecule has 0 atom stereocenters. The van der Waals surface area contributed by atoms with E-state index in [0.29, 0.717) is 5.02 Å². The molecule has 0 unspecified atom stereocenters. The minimum atomic E-state index is -4.04. The van der Waals surface area contributed by atoms with Crippen LogP contribution < -0.4 is 4.74 Å². The van der Waals surface area contributed by atoms with Crippen LogP contribution in [0.4, 0.5) is 0 Å². The zero-order valence-corrected chi connectivity index (χ0v) is 13.1. The number of carbonyl (C=O) groups is 1. The second-order valence-electron chi connectivity index (χ2n) is 4.02. The molecule has 0 bridgehead atoms. The number of rotatable bonds is 8.